The van der Waals surface area contributed by atoms with Crippen LogP contribution in [0.4, 0.5) is 0 Å². The Morgan fingerprint density at radius 1 is 1.21 bits per heavy atom. The molecule has 0 bridgehead atoms. The van der Waals surface area contributed by atoms with E-state index in [0.29, 0.717) is 5.78 Å². The Kier molecular flexibility index (Phi) is 2.79. The van der Waals surface area contributed by atoms with Crippen LogP contribution in [0.5, 0.6) is 0 Å². The standard InChI is InChI=1S/C13H8BrN3O2/c14-9-3-1-8(2-4-9)11-5-6-15-13-16-10(12(18)19)7-17(11)13/h1-7H,(H,18,19). The van der Waals surface area contributed by atoms with E-state index in [1.165, 1.54) is 6.20 Å². The van der Waals surface area contributed by atoms with Crippen molar-refractivity contribution in [1.29, 1.82) is 0 Å². The van der Waals surface area contributed by atoms with Gasteiger partial charge in [0.25, 0.3) is 0 Å². The van der Waals surface area contributed by atoms with E-state index < -0.39 is 5.97 Å². The van der Waals surface area contributed by atoms with Crippen LogP contribution in [0, 0.1) is 0 Å². The van der Waals surface area contributed by atoms with E-state index in [1.54, 1.807) is 10.6 Å². The van der Waals surface area contributed by atoms with Gasteiger partial charge in [0.15, 0.2) is 5.69 Å². The molecule has 0 unspecified atom stereocenters. The molecule has 1 aromatic carbocycles. The second kappa shape index (κ2) is 4.47. The Balaban J connectivity index is 2.23. The van der Waals surface area contributed by atoms with E-state index in [9.17, 15) is 4.79 Å². The van der Waals surface area contributed by atoms with Gasteiger partial charge in [0.1, 0.15) is 0 Å². The second-order valence-corrected chi connectivity index (χ2v) is 4.85. The maximum absolute atomic E-state index is 11.0. The van der Waals surface area contributed by atoms with Crippen molar-refractivity contribution in [1.82, 2.24) is 14.4 Å². The van der Waals surface area contributed by atoms with Crippen LogP contribution in [0.2, 0.25) is 0 Å². The summed E-state index contributed by atoms with van der Waals surface area (Å²) in [4.78, 5) is 19.0. The number of aromatic nitrogens is 3. The summed E-state index contributed by atoms with van der Waals surface area (Å²) in [5.41, 5.74) is 1.79. The summed E-state index contributed by atoms with van der Waals surface area (Å²) in [7, 11) is 0. The number of hydrogen-bond donors (Lipinski definition) is 1. The number of carboxylic acids is 1. The Morgan fingerprint density at radius 2 is 1.95 bits per heavy atom. The number of halogens is 1. The smallest absolute Gasteiger partial charge is 0.356 e. The predicted molar refractivity (Wildman–Crippen MR) is 73.1 cm³/mol. The third kappa shape index (κ3) is 2.10. The van der Waals surface area contributed by atoms with Crippen molar-refractivity contribution in [2.24, 2.45) is 0 Å². The van der Waals surface area contributed by atoms with Crippen LogP contribution in [0.3, 0.4) is 0 Å². The van der Waals surface area contributed by atoms with Gasteiger partial charge in [-0.25, -0.2) is 14.8 Å². The van der Waals surface area contributed by atoms with Crippen molar-refractivity contribution < 1.29 is 9.90 Å². The Morgan fingerprint density at radius 3 is 2.63 bits per heavy atom. The number of carbonyl (C=O) groups is 1. The lowest BCUT2D eigenvalue weighted by molar-refractivity contribution is 0.0691. The zero-order valence-corrected chi connectivity index (χ0v) is 11.2. The lowest BCUT2D eigenvalue weighted by atomic mass is 10.1. The van der Waals surface area contributed by atoms with Gasteiger partial charge in [-0.2, -0.15) is 0 Å². The molecular formula is C13H8BrN3O2. The van der Waals surface area contributed by atoms with Crippen LogP contribution < -0.4 is 0 Å². The molecule has 2 aromatic heterocycles. The summed E-state index contributed by atoms with van der Waals surface area (Å²) in [6, 6.07) is 9.56. The van der Waals surface area contributed by atoms with Crippen molar-refractivity contribution >= 4 is 27.7 Å². The first kappa shape index (κ1) is 11.9. The number of benzene rings is 1. The molecule has 94 valence electrons. The van der Waals surface area contributed by atoms with E-state index in [1.807, 2.05) is 30.3 Å². The largest absolute Gasteiger partial charge is 0.476 e. The molecular weight excluding hydrogens is 310 g/mol. The average Bonchev–Trinajstić information content (AvgIpc) is 2.83. The van der Waals surface area contributed by atoms with Crippen LogP contribution in [0.1, 0.15) is 10.5 Å². The Labute approximate surface area is 116 Å². The van der Waals surface area contributed by atoms with Gasteiger partial charge in [0, 0.05) is 16.9 Å². The normalized spacial score (nSPS) is 10.8. The fraction of sp³-hybridized carbons (Fsp3) is 0. The molecule has 1 N–H and O–H groups in total. The average molecular weight is 318 g/mol. The van der Waals surface area contributed by atoms with Crippen LogP contribution in [0.25, 0.3) is 17.0 Å². The number of nitrogens with zero attached hydrogens (tertiary/aromatic N) is 3. The van der Waals surface area contributed by atoms with E-state index in [4.69, 9.17) is 5.11 Å². The van der Waals surface area contributed by atoms with Gasteiger partial charge in [-0.1, -0.05) is 28.1 Å². The summed E-state index contributed by atoms with van der Waals surface area (Å²) in [6.07, 6.45) is 3.09. The predicted octanol–water partition coefficient (Wildman–Crippen LogP) is 2.86. The highest BCUT2D eigenvalue weighted by Gasteiger charge is 2.12. The molecule has 0 saturated heterocycles. The highest BCUT2D eigenvalue weighted by molar-refractivity contribution is 9.10. The van der Waals surface area contributed by atoms with E-state index in [2.05, 4.69) is 25.9 Å². The summed E-state index contributed by atoms with van der Waals surface area (Å²) >= 11 is 3.38. The molecule has 3 rings (SSSR count). The summed E-state index contributed by atoms with van der Waals surface area (Å²) in [5, 5.41) is 8.97. The topological polar surface area (TPSA) is 67.5 Å². The monoisotopic (exact) mass is 317 g/mol. The van der Waals surface area contributed by atoms with Crippen LogP contribution in [-0.2, 0) is 0 Å². The van der Waals surface area contributed by atoms with Crippen LogP contribution in [0.15, 0.2) is 47.2 Å². The first-order valence-electron chi connectivity index (χ1n) is 5.48. The van der Waals surface area contributed by atoms with Gasteiger partial charge >= 0.3 is 5.97 Å². The lowest BCUT2D eigenvalue weighted by Gasteiger charge is -2.04. The molecule has 0 spiro atoms. The SMILES string of the molecule is O=C(O)c1cn2c(-c3ccc(Br)cc3)ccnc2n1. The Bertz CT molecular complexity index is 765. The first-order chi connectivity index (χ1) is 9.15. The molecule has 0 aliphatic carbocycles. The van der Waals surface area contributed by atoms with Gasteiger partial charge in [-0.3, -0.25) is 4.40 Å². The number of rotatable bonds is 2. The molecule has 2 heterocycles. The zero-order chi connectivity index (χ0) is 13.4. The fourth-order valence-corrected chi connectivity index (χ4v) is 2.12. The third-order valence-corrected chi connectivity index (χ3v) is 3.26. The van der Waals surface area contributed by atoms with Crippen molar-refractivity contribution in [3.63, 3.8) is 0 Å². The van der Waals surface area contributed by atoms with Gasteiger partial charge in [0.2, 0.25) is 5.78 Å². The number of aromatic carboxylic acids is 1. The lowest BCUT2D eigenvalue weighted by Crippen LogP contribution is -1.95. The molecule has 5 nitrogen and oxygen atoms in total. The van der Waals surface area contributed by atoms with Crippen LogP contribution >= 0.6 is 15.9 Å². The molecule has 0 amide bonds. The third-order valence-electron chi connectivity index (χ3n) is 2.73. The Hall–Kier alpha value is -2.21. The van der Waals surface area contributed by atoms with Gasteiger partial charge < -0.3 is 5.11 Å². The van der Waals surface area contributed by atoms with E-state index >= 15 is 0 Å². The number of carboxylic acid groups (broad SMARTS) is 1. The molecule has 0 atom stereocenters. The van der Waals surface area contributed by atoms with Gasteiger partial charge in [-0.05, 0) is 23.8 Å². The molecule has 0 aliphatic heterocycles. The number of imidazole rings is 1. The molecule has 0 aliphatic rings. The van der Waals surface area contributed by atoms with Crippen LogP contribution in [-0.4, -0.2) is 25.4 Å². The minimum absolute atomic E-state index is 0.0166. The number of fused-ring (bicyclic) bond motifs is 1. The van der Waals surface area contributed by atoms with Crippen molar-refractivity contribution in [2.75, 3.05) is 0 Å². The summed E-state index contributed by atoms with van der Waals surface area (Å²) in [6.45, 7) is 0. The summed E-state index contributed by atoms with van der Waals surface area (Å²) in [5.74, 6) is -0.690. The molecule has 0 radical (unpaired) electrons. The van der Waals surface area contributed by atoms with Gasteiger partial charge in [-0.15, -0.1) is 0 Å². The summed E-state index contributed by atoms with van der Waals surface area (Å²) < 4.78 is 2.66. The number of hydrogen-bond acceptors (Lipinski definition) is 3. The van der Waals surface area contributed by atoms with E-state index in [0.717, 1.165) is 15.7 Å². The minimum Gasteiger partial charge on any atom is -0.476 e. The first-order valence-corrected chi connectivity index (χ1v) is 6.28. The fourth-order valence-electron chi connectivity index (χ4n) is 1.85. The highest BCUT2D eigenvalue weighted by atomic mass is 79.9. The second-order valence-electron chi connectivity index (χ2n) is 3.94. The highest BCUT2D eigenvalue weighted by Crippen LogP contribution is 2.22. The molecule has 6 heteroatoms. The molecule has 0 fully saturated rings. The van der Waals surface area contributed by atoms with Crippen molar-refractivity contribution in [2.45, 2.75) is 0 Å². The molecule has 19 heavy (non-hydrogen) atoms. The zero-order valence-electron chi connectivity index (χ0n) is 9.62. The minimum atomic E-state index is -1.06. The van der Waals surface area contributed by atoms with Crippen molar-refractivity contribution in [3.05, 3.63) is 52.9 Å². The molecule has 0 saturated carbocycles. The van der Waals surface area contributed by atoms with E-state index in [-0.39, 0.29) is 5.69 Å². The maximum atomic E-state index is 11.0. The molecule has 3 aromatic rings. The quantitative estimate of drug-likeness (QED) is 0.789. The van der Waals surface area contributed by atoms with Crippen molar-refractivity contribution in [3.8, 4) is 11.3 Å². The van der Waals surface area contributed by atoms with Gasteiger partial charge in [0.05, 0.1) is 5.69 Å². The maximum Gasteiger partial charge on any atom is 0.356 e.